The molecule has 150 valence electrons. The van der Waals surface area contributed by atoms with Gasteiger partial charge in [-0.2, -0.15) is 0 Å². The van der Waals surface area contributed by atoms with Crippen LogP contribution in [0.25, 0.3) is 0 Å². The number of carbonyl (C=O) groups excluding carboxylic acids is 2. The number of amides is 2. The first-order chi connectivity index (χ1) is 13.6. The maximum absolute atomic E-state index is 13.1. The average molecular weight is 381 g/mol. The minimum absolute atomic E-state index is 0.0153. The van der Waals surface area contributed by atoms with E-state index >= 15 is 0 Å². The third-order valence-corrected chi connectivity index (χ3v) is 4.99. The van der Waals surface area contributed by atoms with Crippen LogP contribution in [0.15, 0.2) is 54.6 Å². The fraction of sp³-hybridized carbons (Fsp3) is 0.417. The van der Waals surface area contributed by atoms with Gasteiger partial charge in [0.1, 0.15) is 6.04 Å². The van der Waals surface area contributed by atoms with Gasteiger partial charge in [-0.05, 0) is 42.9 Å². The quantitative estimate of drug-likeness (QED) is 0.674. The standard InChI is InChI=1S/C24H32N2O2/c1-4-19-12-14-20(15-13-19)16-17-23(27)26(18-21-10-8-7-9-11-21)22(5-2)24(28)25-6-3/h7-15,22H,4-6,16-18H2,1-3H3,(H,25,28). The van der Waals surface area contributed by atoms with Crippen molar-refractivity contribution in [1.82, 2.24) is 10.2 Å². The molecule has 0 aliphatic carbocycles. The lowest BCUT2D eigenvalue weighted by atomic mass is 10.0. The van der Waals surface area contributed by atoms with Crippen molar-refractivity contribution in [3.8, 4) is 0 Å². The number of rotatable bonds is 10. The van der Waals surface area contributed by atoms with E-state index < -0.39 is 6.04 Å². The van der Waals surface area contributed by atoms with E-state index in [1.807, 2.05) is 44.2 Å². The molecule has 1 N–H and O–H groups in total. The van der Waals surface area contributed by atoms with Crippen molar-refractivity contribution in [2.24, 2.45) is 0 Å². The molecular formula is C24H32N2O2. The highest BCUT2D eigenvalue weighted by Gasteiger charge is 2.27. The molecule has 0 radical (unpaired) electrons. The van der Waals surface area contributed by atoms with Crippen LogP contribution in [0, 0.1) is 0 Å². The third kappa shape index (κ3) is 6.22. The summed E-state index contributed by atoms with van der Waals surface area (Å²) in [6.45, 7) is 6.99. The van der Waals surface area contributed by atoms with Crippen molar-refractivity contribution in [2.45, 2.75) is 59.0 Å². The van der Waals surface area contributed by atoms with Crippen LogP contribution >= 0.6 is 0 Å². The second-order valence-corrected chi connectivity index (χ2v) is 7.00. The van der Waals surface area contributed by atoms with E-state index in [9.17, 15) is 9.59 Å². The van der Waals surface area contributed by atoms with Gasteiger partial charge in [0.15, 0.2) is 0 Å². The summed E-state index contributed by atoms with van der Waals surface area (Å²) >= 11 is 0. The summed E-state index contributed by atoms with van der Waals surface area (Å²) in [5.41, 5.74) is 3.48. The van der Waals surface area contributed by atoms with Crippen molar-refractivity contribution in [2.75, 3.05) is 6.54 Å². The molecule has 2 rings (SSSR count). The lowest BCUT2D eigenvalue weighted by Gasteiger charge is -2.30. The zero-order valence-corrected chi connectivity index (χ0v) is 17.3. The molecule has 28 heavy (non-hydrogen) atoms. The predicted molar refractivity (Wildman–Crippen MR) is 114 cm³/mol. The molecule has 1 atom stereocenters. The van der Waals surface area contributed by atoms with Gasteiger partial charge in [-0.3, -0.25) is 9.59 Å². The Kier molecular flexibility index (Phi) is 8.73. The molecule has 0 heterocycles. The SMILES string of the molecule is CCNC(=O)C(CC)N(Cc1ccccc1)C(=O)CCc1ccc(CC)cc1. The van der Waals surface area contributed by atoms with Crippen molar-refractivity contribution in [3.63, 3.8) is 0 Å². The number of nitrogens with one attached hydrogen (secondary N) is 1. The fourth-order valence-electron chi connectivity index (χ4n) is 3.33. The number of likely N-dealkylation sites (N-methyl/N-ethyl adjacent to an activating group) is 1. The van der Waals surface area contributed by atoms with E-state index in [1.54, 1.807) is 4.90 Å². The van der Waals surface area contributed by atoms with Crippen LogP contribution in [0.1, 0.15) is 50.3 Å². The summed E-state index contributed by atoms with van der Waals surface area (Å²) in [6.07, 6.45) is 2.68. The Morgan fingerprint density at radius 3 is 2.11 bits per heavy atom. The van der Waals surface area contributed by atoms with Gasteiger partial charge in [0.25, 0.3) is 0 Å². The smallest absolute Gasteiger partial charge is 0.242 e. The van der Waals surface area contributed by atoms with E-state index in [0.717, 1.165) is 17.5 Å². The van der Waals surface area contributed by atoms with Crippen LogP contribution in [0.3, 0.4) is 0 Å². The molecule has 0 saturated heterocycles. The van der Waals surface area contributed by atoms with Crippen molar-refractivity contribution >= 4 is 11.8 Å². The number of nitrogens with zero attached hydrogens (tertiary/aromatic N) is 1. The van der Waals surface area contributed by atoms with E-state index in [0.29, 0.717) is 32.4 Å². The molecule has 0 aromatic heterocycles. The van der Waals surface area contributed by atoms with Gasteiger partial charge in [-0.15, -0.1) is 0 Å². The van der Waals surface area contributed by atoms with E-state index in [1.165, 1.54) is 5.56 Å². The zero-order chi connectivity index (χ0) is 20.4. The highest BCUT2D eigenvalue weighted by atomic mass is 16.2. The van der Waals surface area contributed by atoms with Gasteiger partial charge in [0.2, 0.25) is 11.8 Å². The Morgan fingerprint density at radius 1 is 0.893 bits per heavy atom. The number of hydrogen-bond acceptors (Lipinski definition) is 2. The lowest BCUT2D eigenvalue weighted by Crippen LogP contribution is -2.49. The summed E-state index contributed by atoms with van der Waals surface area (Å²) in [5, 5.41) is 2.87. The first-order valence-corrected chi connectivity index (χ1v) is 10.3. The number of benzene rings is 2. The van der Waals surface area contributed by atoms with Gasteiger partial charge in [-0.25, -0.2) is 0 Å². The molecule has 2 amide bonds. The minimum atomic E-state index is -0.449. The molecule has 1 unspecified atom stereocenters. The minimum Gasteiger partial charge on any atom is -0.355 e. The summed E-state index contributed by atoms with van der Waals surface area (Å²) in [7, 11) is 0. The molecule has 0 spiro atoms. The molecule has 2 aromatic rings. The Morgan fingerprint density at radius 2 is 1.54 bits per heavy atom. The summed E-state index contributed by atoms with van der Waals surface area (Å²) < 4.78 is 0. The number of carbonyl (C=O) groups is 2. The normalized spacial score (nSPS) is 11.7. The van der Waals surface area contributed by atoms with E-state index in [2.05, 4.69) is 36.5 Å². The van der Waals surface area contributed by atoms with Crippen LogP contribution in [0.2, 0.25) is 0 Å². The van der Waals surface area contributed by atoms with Crippen LogP contribution in [0.4, 0.5) is 0 Å². The van der Waals surface area contributed by atoms with Gasteiger partial charge < -0.3 is 10.2 Å². The van der Waals surface area contributed by atoms with Crippen molar-refractivity contribution < 1.29 is 9.59 Å². The highest BCUT2D eigenvalue weighted by Crippen LogP contribution is 2.15. The van der Waals surface area contributed by atoms with Crippen molar-refractivity contribution in [3.05, 3.63) is 71.3 Å². The maximum Gasteiger partial charge on any atom is 0.242 e. The Balaban J connectivity index is 2.13. The molecule has 0 fully saturated rings. The monoisotopic (exact) mass is 380 g/mol. The Bertz CT molecular complexity index is 741. The van der Waals surface area contributed by atoms with Gasteiger partial charge in [-0.1, -0.05) is 68.4 Å². The fourth-order valence-corrected chi connectivity index (χ4v) is 3.33. The van der Waals surface area contributed by atoms with Crippen LogP contribution in [-0.4, -0.2) is 29.3 Å². The van der Waals surface area contributed by atoms with Gasteiger partial charge in [0.05, 0.1) is 0 Å². The van der Waals surface area contributed by atoms with Gasteiger partial charge >= 0.3 is 0 Å². The van der Waals surface area contributed by atoms with E-state index in [4.69, 9.17) is 0 Å². The molecule has 4 nitrogen and oxygen atoms in total. The number of aryl methyl sites for hydroxylation is 2. The second kappa shape index (κ2) is 11.3. The summed E-state index contributed by atoms with van der Waals surface area (Å²) in [4.78, 5) is 27.4. The number of hydrogen-bond donors (Lipinski definition) is 1. The maximum atomic E-state index is 13.1. The molecule has 4 heteroatoms. The molecule has 0 saturated carbocycles. The topological polar surface area (TPSA) is 49.4 Å². The molecule has 0 bridgehead atoms. The third-order valence-electron chi connectivity index (χ3n) is 4.99. The molecule has 2 aromatic carbocycles. The van der Waals surface area contributed by atoms with Crippen LogP contribution in [-0.2, 0) is 29.0 Å². The molecular weight excluding hydrogens is 348 g/mol. The highest BCUT2D eigenvalue weighted by molar-refractivity contribution is 5.87. The van der Waals surface area contributed by atoms with Crippen LogP contribution in [0.5, 0.6) is 0 Å². The van der Waals surface area contributed by atoms with Gasteiger partial charge in [0, 0.05) is 19.5 Å². The van der Waals surface area contributed by atoms with Crippen molar-refractivity contribution in [1.29, 1.82) is 0 Å². The molecule has 0 aliphatic heterocycles. The summed E-state index contributed by atoms with van der Waals surface area (Å²) in [5.74, 6) is -0.0666. The first kappa shape index (κ1) is 21.7. The summed E-state index contributed by atoms with van der Waals surface area (Å²) in [6, 6.07) is 17.8. The second-order valence-electron chi connectivity index (χ2n) is 7.00. The molecule has 0 aliphatic rings. The predicted octanol–water partition coefficient (Wildman–Crippen LogP) is 4.13. The Labute approximate surface area is 169 Å². The van der Waals surface area contributed by atoms with E-state index in [-0.39, 0.29) is 11.8 Å². The Hall–Kier alpha value is -2.62. The van der Waals surface area contributed by atoms with Crippen LogP contribution < -0.4 is 5.32 Å². The lowest BCUT2D eigenvalue weighted by molar-refractivity contribution is -0.141. The first-order valence-electron chi connectivity index (χ1n) is 10.3. The average Bonchev–Trinajstić information content (AvgIpc) is 2.73. The zero-order valence-electron chi connectivity index (χ0n) is 17.3. The largest absolute Gasteiger partial charge is 0.355 e.